The molecule has 10 heteroatoms. The zero-order chi connectivity index (χ0) is 21.7. The Morgan fingerprint density at radius 3 is 2.27 bits per heavy atom. The lowest BCUT2D eigenvalue weighted by Crippen LogP contribution is -2.20. The van der Waals surface area contributed by atoms with Crippen LogP contribution in [0.2, 0.25) is 0 Å². The molecule has 156 valence electrons. The zero-order valence-electron chi connectivity index (χ0n) is 15.2. The molecule has 0 saturated carbocycles. The van der Waals surface area contributed by atoms with E-state index >= 15 is 0 Å². The number of halogens is 3. The summed E-state index contributed by atoms with van der Waals surface area (Å²) < 4.78 is 59.6. The summed E-state index contributed by atoms with van der Waals surface area (Å²) >= 11 is 3.13. The maximum Gasteiger partial charge on any atom is 0.262 e. The molecule has 0 aliphatic rings. The molecule has 0 bridgehead atoms. The van der Waals surface area contributed by atoms with Crippen LogP contribution in [-0.4, -0.2) is 20.9 Å². The monoisotopic (exact) mass is 496 g/mol. The Balaban J connectivity index is 1.58. The van der Waals surface area contributed by atoms with Gasteiger partial charge in [-0.3, -0.25) is 9.52 Å². The van der Waals surface area contributed by atoms with Crippen molar-refractivity contribution in [2.75, 3.05) is 16.6 Å². The Kier molecular flexibility index (Phi) is 6.68. The highest BCUT2D eigenvalue weighted by Gasteiger charge is 2.15. The van der Waals surface area contributed by atoms with Gasteiger partial charge in [0.25, 0.3) is 15.9 Å². The first kappa shape index (κ1) is 21.7. The largest absolute Gasteiger partial charge is 0.484 e. The number of amides is 1. The highest BCUT2D eigenvalue weighted by Crippen LogP contribution is 2.21. The molecule has 1 amide bonds. The second kappa shape index (κ2) is 9.23. The molecule has 0 fully saturated rings. The number of hydrogen-bond acceptors (Lipinski definition) is 4. The number of nitrogens with one attached hydrogen (secondary N) is 2. The van der Waals surface area contributed by atoms with Gasteiger partial charge in [0.05, 0.1) is 10.6 Å². The molecule has 0 atom stereocenters. The average molecular weight is 497 g/mol. The molecule has 0 spiro atoms. The second-order valence-corrected chi connectivity index (χ2v) is 8.64. The molecular formula is C20H15BrF2N2O4S. The molecule has 0 radical (unpaired) electrons. The number of hydrogen-bond donors (Lipinski definition) is 2. The van der Waals surface area contributed by atoms with E-state index in [2.05, 4.69) is 26.0 Å². The average Bonchev–Trinajstić information content (AvgIpc) is 2.70. The lowest BCUT2D eigenvalue weighted by molar-refractivity contribution is -0.118. The lowest BCUT2D eigenvalue weighted by Gasteiger charge is -2.10. The van der Waals surface area contributed by atoms with Crippen molar-refractivity contribution in [3.05, 3.63) is 82.8 Å². The van der Waals surface area contributed by atoms with Gasteiger partial charge in [0.15, 0.2) is 6.61 Å². The topological polar surface area (TPSA) is 84.5 Å². The van der Waals surface area contributed by atoms with Gasteiger partial charge in [0, 0.05) is 10.2 Å². The predicted molar refractivity (Wildman–Crippen MR) is 112 cm³/mol. The molecule has 0 aliphatic carbocycles. The van der Waals surface area contributed by atoms with Crippen molar-refractivity contribution in [1.29, 1.82) is 0 Å². The van der Waals surface area contributed by atoms with Gasteiger partial charge < -0.3 is 10.1 Å². The lowest BCUT2D eigenvalue weighted by atomic mass is 10.3. The van der Waals surface area contributed by atoms with E-state index in [9.17, 15) is 22.0 Å². The van der Waals surface area contributed by atoms with Crippen LogP contribution in [0.5, 0.6) is 5.75 Å². The summed E-state index contributed by atoms with van der Waals surface area (Å²) in [5.41, 5.74) is 0.230. The Hall–Kier alpha value is -2.98. The van der Waals surface area contributed by atoms with Crippen molar-refractivity contribution in [2.45, 2.75) is 4.90 Å². The maximum atomic E-state index is 13.7. The minimum atomic E-state index is -3.88. The predicted octanol–water partition coefficient (Wildman–Crippen LogP) is 4.55. The van der Waals surface area contributed by atoms with Crippen LogP contribution in [0.25, 0.3) is 0 Å². The summed E-state index contributed by atoms with van der Waals surface area (Å²) in [5.74, 6) is -1.40. The molecule has 0 saturated heterocycles. The second-order valence-electron chi connectivity index (χ2n) is 6.04. The van der Waals surface area contributed by atoms with Crippen LogP contribution in [0, 0.1) is 11.6 Å². The summed E-state index contributed by atoms with van der Waals surface area (Å²) in [7, 11) is -3.88. The number of rotatable bonds is 7. The molecule has 0 heterocycles. The highest BCUT2D eigenvalue weighted by atomic mass is 79.9. The highest BCUT2D eigenvalue weighted by molar-refractivity contribution is 9.10. The fourth-order valence-electron chi connectivity index (χ4n) is 2.37. The number of benzene rings is 3. The van der Waals surface area contributed by atoms with E-state index in [0.29, 0.717) is 4.47 Å². The molecular weight excluding hydrogens is 482 g/mol. The van der Waals surface area contributed by atoms with Gasteiger partial charge in [-0.1, -0.05) is 15.9 Å². The first-order valence-corrected chi connectivity index (χ1v) is 10.8. The van der Waals surface area contributed by atoms with E-state index in [1.165, 1.54) is 48.5 Å². The number of sulfonamides is 1. The fraction of sp³-hybridized carbons (Fsp3) is 0.0500. The van der Waals surface area contributed by atoms with Gasteiger partial charge >= 0.3 is 0 Å². The van der Waals surface area contributed by atoms with Crippen molar-refractivity contribution in [1.82, 2.24) is 0 Å². The van der Waals surface area contributed by atoms with Crippen LogP contribution in [0.1, 0.15) is 0 Å². The third-order valence-electron chi connectivity index (χ3n) is 3.81. The standard InChI is InChI=1S/C20H15BrF2N2O4S/c21-13-1-10-19(18(23)11-13)24-20(26)12-29-16-6-8-17(9-7-16)30(27,28)25-15-4-2-14(22)3-5-15/h1-11,25H,12H2,(H,24,26). The van der Waals surface area contributed by atoms with Crippen LogP contribution < -0.4 is 14.8 Å². The van der Waals surface area contributed by atoms with E-state index in [-0.39, 0.29) is 22.0 Å². The summed E-state index contributed by atoms with van der Waals surface area (Å²) in [6.07, 6.45) is 0. The summed E-state index contributed by atoms with van der Waals surface area (Å²) in [4.78, 5) is 11.9. The molecule has 3 aromatic carbocycles. The van der Waals surface area contributed by atoms with Crippen molar-refractivity contribution in [2.24, 2.45) is 0 Å². The minimum Gasteiger partial charge on any atom is -0.484 e. The first-order valence-electron chi connectivity index (χ1n) is 8.49. The Morgan fingerprint density at radius 2 is 1.63 bits per heavy atom. The number of carbonyl (C=O) groups excluding carboxylic acids is 1. The first-order chi connectivity index (χ1) is 14.2. The maximum absolute atomic E-state index is 13.7. The van der Waals surface area contributed by atoms with Crippen LogP contribution in [0.4, 0.5) is 20.2 Å². The molecule has 2 N–H and O–H groups in total. The molecule has 0 unspecified atom stereocenters. The van der Waals surface area contributed by atoms with Gasteiger partial charge in [-0.15, -0.1) is 0 Å². The van der Waals surface area contributed by atoms with E-state index in [1.807, 2.05) is 0 Å². The summed E-state index contributed by atoms with van der Waals surface area (Å²) in [6.45, 7) is -0.393. The smallest absolute Gasteiger partial charge is 0.262 e. The van der Waals surface area contributed by atoms with Crippen LogP contribution in [0.3, 0.4) is 0 Å². The van der Waals surface area contributed by atoms with E-state index in [1.54, 1.807) is 6.07 Å². The van der Waals surface area contributed by atoms with Crippen LogP contribution >= 0.6 is 15.9 Å². The third-order valence-corrected chi connectivity index (χ3v) is 5.70. The summed E-state index contributed by atoms with van der Waals surface area (Å²) in [6, 6.07) is 14.5. The molecule has 3 rings (SSSR count). The minimum absolute atomic E-state index is 0.0140. The Labute approximate surface area is 180 Å². The SMILES string of the molecule is O=C(COc1ccc(S(=O)(=O)Nc2ccc(F)cc2)cc1)Nc1ccc(Br)cc1F. The zero-order valence-corrected chi connectivity index (χ0v) is 17.6. The van der Waals surface area contributed by atoms with Crippen molar-refractivity contribution < 1.29 is 26.7 Å². The molecule has 3 aromatic rings. The number of anilines is 2. The fourth-order valence-corrected chi connectivity index (χ4v) is 3.76. The molecule has 0 aromatic heterocycles. The summed E-state index contributed by atoms with van der Waals surface area (Å²) in [5, 5.41) is 2.38. The third kappa shape index (κ3) is 5.77. The normalized spacial score (nSPS) is 11.0. The van der Waals surface area contributed by atoms with Gasteiger partial charge in [-0.05, 0) is 66.7 Å². The van der Waals surface area contributed by atoms with Crippen LogP contribution in [0.15, 0.2) is 76.1 Å². The quantitative estimate of drug-likeness (QED) is 0.502. The molecule has 6 nitrogen and oxygen atoms in total. The van der Waals surface area contributed by atoms with Gasteiger partial charge in [0.1, 0.15) is 17.4 Å². The molecule has 0 aliphatic heterocycles. The number of ether oxygens (including phenoxy) is 1. The Bertz CT molecular complexity index is 1150. The van der Waals surface area contributed by atoms with Crippen molar-refractivity contribution in [3.8, 4) is 5.75 Å². The number of carbonyl (C=O) groups is 1. The van der Waals surface area contributed by atoms with Crippen molar-refractivity contribution >= 4 is 43.2 Å². The van der Waals surface area contributed by atoms with E-state index in [0.717, 1.165) is 12.1 Å². The van der Waals surface area contributed by atoms with E-state index in [4.69, 9.17) is 4.74 Å². The molecule has 30 heavy (non-hydrogen) atoms. The van der Waals surface area contributed by atoms with Gasteiger partial charge in [0.2, 0.25) is 0 Å². The van der Waals surface area contributed by atoms with Crippen LogP contribution in [-0.2, 0) is 14.8 Å². The van der Waals surface area contributed by atoms with Crippen molar-refractivity contribution in [3.63, 3.8) is 0 Å². The van der Waals surface area contributed by atoms with Gasteiger partial charge in [-0.25, -0.2) is 17.2 Å². The van der Waals surface area contributed by atoms with E-state index < -0.39 is 34.2 Å². The Morgan fingerprint density at radius 1 is 0.967 bits per heavy atom. The van der Waals surface area contributed by atoms with Gasteiger partial charge in [-0.2, -0.15) is 0 Å².